The second-order valence-electron chi connectivity index (χ2n) is 5.94. The van der Waals surface area contributed by atoms with Gasteiger partial charge in [0.1, 0.15) is 0 Å². The molecule has 2 N–H and O–H groups in total. The lowest BCUT2D eigenvalue weighted by Gasteiger charge is -2.38. The van der Waals surface area contributed by atoms with E-state index >= 15 is 0 Å². The molecular formula is C15H24N2. The standard InChI is InChI=1S/C15H24N2/c1-12(2)13-6-8-15(16,9-7-13)11-14-5-3-4-10-17-14/h3-5,10,12-13H,6-9,11,16H2,1-2H3. The van der Waals surface area contributed by atoms with Crippen LogP contribution in [-0.2, 0) is 6.42 Å². The van der Waals surface area contributed by atoms with Crippen LogP contribution in [0, 0.1) is 11.8 Å². The molecule has 1 aromatic rings. The first-order valence-electron chi connectivity index (χ1n) is 6.78. The summed E-state index contributed by atoms with van der Waals surface area (Å²) in [7, 11) is 0. The molecule has 0 aliphatic heterocycles. The van der Waals surface area contributed by atoms with E-state index in [1.165, 1.54) is 12.8 Å². The number of pyridine rings is 1. The first-order chi connectivity index (χ1) is 8.09. The lowest BCUT2D eigenvalue weighted by atomic mass is 9.71. The molecule has 0 spiro atoms. The van der Waals surface area contributed by atoms with E-state index < -0.39 is 0 Å². The fourth-order valence-electron chi connectivity index (χ4n) is 2.92. The summed E-state index contributed by atoms with van der Waals surface area (Å²) in [5.41, 5.74) is 7.64. The molecule has 0 radical (unpaired) electrons. The Hall–Kier alpha value is -0.890. The van der Waals surface area contributed by atoms with Crippen molar-refractivity contribution in [2.24, 2.45) is 17.6 Å². The SMILES string of the molecule is CC(C)C1CCC(N)(Cc2ccccn2)CC1. The third-order valence-electron chi connectivity index (χ3n) is 4.23. The highest BCUT2D eigenvalue weighted by molar-refractivity contribution is 5.09. The van der Waals surface area contributed by atoms with Crippen LogP contribution in [0.1, 0.15) is 45.2 Å². The molecule has 17 heavy (non-hydrogen) atoms. The van der Waals surface area contributed by atoms with Crippen LogP contribution in [0.3, 0.4) is 0 Å². The fourth-order valence-corrected chi connectivity index (χ4v) is 2.92. The molecule has 0 unspecified atom stereocenters. The molecule has 0 atom stereocenters. The number of hydrogen-bond acceptors (Lipinski definition) is 2. The molecule has 1 fully saturated rings. The number of hydrogen-bond donors (Lipinski definition) is 1. The van der Waals surface area contributed by atoms with Gasteiger partial charge in [-0.1, -0.05) is 19.9 Å². The third-order valence-corrected chi connectivity index (χ3v) is 4.23. The van der Waals surface area contributed by atoms with Gasteiger partial charge in [-0.05, 0) is 49.7 Å². The summed E-state index contributed by atoms with van der Waals surface area (Å²) in [6.45, 7) is 4.65. The van der Waals surface area contributed by atoms with Gasteiger partial charge in [0, 0.05) is 23.9 Å². The van der Waals surface area contributed by atoms with E-state index in [1.807, 2.05) is 18.3 Å². The van der Waals surface area contributed by atoms with Gasteiger partial charge in [-0.25, -0.2) is 0 Å². The number of nitrogens with two attached hydrogens (primary N) is 1. The lowest BCUT2D eigenvalue weighted by molar-refractivity contribution is 0.193. The molecule has 1 heterocycles. The Labute approximate surface area is 105 Å². The number of nitrogens with zero attached hydrogens (tertiary/aromatic N) is 1. The molecule has 2 nitrogen and oxygen atoms in total. The monoisotopic (exact) mass is 232 g/mol. The highest BCUT2D eigenvalue weighted by Gasteiger charge is 2.32. The van der Waals surface area contributed by atoms with Crippen LogP contribution in [0.2, 0.25) is 0 Å². The van der Waals surface area contributed by atoms with Crippen LogP contribution in [-0.4, -0.2) is 10.5 Å². The first kappa shape index (κ1) is 12.6. The van der Waals surface area contributed by atoms with E-state index in [2.05, 4.69) is 24.9 Å². The fraction of sp³-hybridized carbons (Fsp3) is 0.667. The van der Waals surface area contributed by atoms with Crippen molar-refractivity contribution < 1.29 is 0 Å². The van der Waals surface area contributed by atoms with Gasteiger partial charge in [-0.3, -0.25) is 4.98 Å². The van der Waals surface area contributed by atoms with Crippen LogP contribution < -0.4 is 5.73 Å². The molecule has 0 aromatic carbocycles. The maximum absolute atomic E-state index is 6.51. The normalized spacial score (nSPS) is 29.5. The number of rotatable bonds is 3. The minimum Gasteiger partial charge on any atom is -0.325 e. The van der Waals surface area contributed by atoms with Crippen molar-refractivity contribution in [2.75, 3.05) is 0 Å². The van der Waals surface area contributed by atoms with Crippen molar-refractivity contribution in [3.05, 3.63) is 30.1 Å². The Morgan fingerprint density at radius 2 is 2.06 bits per heavy atom. The van der Waals surface area contributed by atoms with Gasteiger partial charge in [0.25, 0.3) is 0 Å². The molecular weight excluding hydrogens is 208 g/mol. The largest absolute Gasteiger partial charge is 0.325 e. The maximum Gasteiger partial charge on any atom is 0.0421 e. The van der Waals surface area contributed by atoms with Gasteiger partial charge in [-0.2, -0.15) is 0 Å². The highest BCUT2D eigenvalue weighted by Crippen LogP contribution is 2.35. The van der Waals surface area contributed by atoms with Crippen LogP contribution in [0.4, 0.5) is 0 Å². The summed E-state index contributed by atoms with van der Waals surface area (Å²) in [6, 6.07) is 6.09. The quantitative estimate of drug-likeness (QED) is 0.869. The van der Waals surface area contributed by atoms with Gasteiger partial charge >= 0.3 is 0 Å². The van der Waals surface area contributed by atoms with Gasteiger partial charge in [0.05, 0.1) is 0 Å². The summed E-state index contributed by atoms with van der Waals surface area (Å²) in [4.78, 5) is 4.39. The molecule has 1 aliphatic rings. The second kappa shape index (κ2) is 5.18. The van der Waals surface area contributed by atoms with E-state index in [4.69, 9.17) is 5.73 Å². The zero-order valence-electron chi connectivity index (χ0n) is 11.0. The van der Waals surface area contributed by atoms with Crippen molar-refractivity contribution in [1.29, 1.82) is 0 Å². The molecule has 0 bridgehead atoms. The van der Waals surface area contributed by atoms with Crippen molar-refractivity contribution in [3.63, 3.8) is 0 Å². The summed E-state index contributed by atoms with van der Waals surface area (Å²) in [5.74, 6) is 1.67. The van der Waals surface area contributed by atoms with E-state index in [1.54, 1.807) is 0 Å². The zero-order chi connectivity index (χ0) is 12.3. The predicted octanol–water partition coefficient (Wildman–Crippen LogP) is 3.17. The minimum absolute atomic E-state index is 0.0141. The van der Waals surface area contributed by atoms with Crippen LogP contribution in [0.5, 0.6) is 0 Å². The molecule has 1 aromatic heterocycles. The lowest BCUT2D eigenvalue weighted by Crippen LogP contribution is -2.46. The van der Waals surface area contributed by atoms with Crippen LogP contribution >= 0.6 is 0 Å². The third kappa shape index (κ3) is 3.29. The van der Waals surface area contributed by atoms with E-state index in [-0.39, 0.29) is 5.54 Å². The van der Waals surface area contributed by atoms with E-state index in [0.29, 0.717) is 0 Å². The highest BCUT2D eigenvalue weighted by atomic mass is 14.8. The Balaban J connectivity index is 1.94. The van der Waals surface area contributed by atoms with Gasteiger partial charge in [0.2, 0.25) is 0 Å². The smallest absolute Gasteiger partial charge is 0.0421 e. The molecule has 2 heteroatoms. The van der Waals surface area contributed by atoms with E-state index in [9.17, 15) is 0 Å². The predicted molar refractivity (Wildman–Crippen MR) is 71.7 cm³/mol. The average molecular weight is 232 g/mol. The molecule has 0 amide bonds. The molecule has 1 saturated carbocycles. The zero-order valence-corrected chi connectivity index (χ0v) is 11.0. The average Bonchev–Trinajstić information content (AvgIpc) is 2.30. The second-order valence-corrected chi connectivity index (χ2v) is 5.94. The number of aromatic nitrogens is 1. The van der Waals surface area contributed by atoms with Crippen molar-refractivity contribution in [2.45, 2.75) is 51.5 Å². The summed E-state index contributed by atoms with van der Waals surface area (Å²) in [6.07, 6.45) is 7.64. The van der Waals surface area contributed by atoms with Crippen LogP contribution in [0.15, 0.2) is 24.4 Å². The van der Waals surface area contributed by atoms with Gasteiger partial charge in [0.15, 0.2) is 0 Å². The van der Waals surface area contributed by atoms with E-state index in [0.717, 1.165) is 36.8 Å². The van der Waals surface area contributed by atoms with Crippen molar-refractivity contribution in [1.82, 2.24) is 4.98 Å². The topological polar surface area (TPSA) is 38.9 Å². The van der Waals surface area contributed by atoms with Gasteiger partial charge in [-0.15, -0.1) is 0 Å². The molecule has 2 rings (SSSR count). The van der Waals surface area contributed by atoms with Crippen LogP contribution in [0.25, 0.3) is 0 Å². The molecule has 1 aliphatic carbocycles. The minimum atomic E-state index is -0.0141. The molecule has 0 saturated heterocycles. The Kier molecular flexibility index (Phi) is 3.82. The summed E-state index contributed by atoms with van der Waals surface area (Å²) >= 11 is 0. The maximum atomic E-state index is 6.51. The Morgan fingerprint density at radius 1 is 1.35 bits per heavy atom. The van der Waals surface area contributed by atoms with Crippen molar-refractivity contribution in [3.8, 4) is 0 Å². The molecule has 94 valence electrons. The summed E-state index contributed by atoms with van der Waals surface area (Å²) in [5, 5.41) is 0. The van der Waals surface area contributed by atoms with Crippen molar-refractivity contribution >= 4 is 0 Å². The van der Waals surface area contributed by atoms with Gasteiger partial charge < -0.3 is 5.73 Å². The Morgan fingerprint density at radius 3 is 2.59 bits per heavy atom. The summed E-state index contributed by atoms with van der Waals surface area (Å²) < 4.78 is 0. The first-order valence-corrected chi connectivity index (χ1v) is 6.78. The Bertz CT molecular complexity index is 337.